The van der Waals surface area contributed by atoms with Crippen molar-refractivity contribution in [2.75, 3.05) is 17.4 Å². The van der Waals surface area contributed by atoms with Crippen LogP contribution in [0, 0.1) is 0 Å². The number of amides is 1. The van der Waals surface area contributed by atoms with Crippen molar-refractivity contribution < 1.29 is 14.3 Å². The van der Waals surface area contributed by atoms with Gasteiger partial charge in [0.15, 0.2) is 11.5 Å². The monoisotopic (exact) mass is 430 g/mol. The molecule has 9 nitrogen and oxygen atoms in total. The van der Waals surface area contributed by atoms with Crippen LogP contribution in [-0.4, -0.2) is 32.4 Å². The number of aromatic nitrogens is 4. The maximum absolute atomic E-state index is 12.7. The van der Waals surface area contributed by atoms with Gasteiger partial charge in [-0.15, -0.1) is 0 Å². The van der Waals surface area contributed by atoms with Crippen LogP contribution in [0.15, 0.2) is 54.9 Å². The number of aryl methyl sites for hydroxylation is 1. The van der Waals surface area contributed by atoms with Crippen molar-refractivity contribution in [2.24, 2.45) is 0 Å². The van der Waals surface area contributed by atoms with Crippen LogP contribution in [0.1, 0.15) is 35.8 Å². The van der Waals surface area contributed by atoms with Crippen LogP contribution in [0.2, 0.25) is 0 Å². The molecule has 0 bridgehead atoms. The number of hydrogen-bond donors (Lipinski definition) is 2. The van der Waals surface area contributed by atoms with Gasteiger partial charge in [-0.3, -0.25) is 9.48 Å². The number of nitrogens with zero attached hydrogens (tertiary/aromatic N) is 4. The van der Waals surface area contributed by atoms with Gasteiger partial charge in [-0.05, 0) is 49.7 Å². The molecular weight excluding hydrogens is 408 g/mol. The zero-order valence-electron chi connectivity index (χ0n) is 17.7. The minimum Gasteiger partial charge on any atom is -0.454 e. The van der Waals surface area contributed by atoms with Crippen LogP contribution in [0.25, 0.3) is 11.2 Å². The summed E-state index contributed by atoms with van der Waals surface area (Å²) in [6, 6.07) is 12.8. The van der Waals surface area contributed by atoms with Gasteiger partial charge in [-0.2, -0.15) is 5.10 Å². The molecule has 0 saturated heterocycles. The highest BCUT2D eigenvalue weighted by Crippen LogP contribution is 2.32. The SMILES string of the molecule is CCn1cc2ncc(N[C@@H](C)c3cccc(NC(=O)c4ccc5c(c4)OCO5)c3)nc2n1. The Kier molecular flexibility index (Phi) is 5.06. The summed E-state index contributed by atoms with van der Waals surface area (Å²) in [4.78, 5) is 21.7. The van der Waals surface area contributed by atoms with Gasteiger partial charge in [0.2, 0.25) is 12.4 Å². The van der Waals surface area contributed by atoms with Gasteiger partial charge in [0, 0.05) is 17.8 Å². The number of carbonyl (C=O) groups excluding carboxylic acids is 1. The normalized spacial score (nSPS) is 13.2. The minimum absolute atomic E-state index is 0.0580. The predicted molar refractivity (Wildman–Crippen MR) is 120 cm³/mol. The number of fused-ring (bicyclic) bond motifs is 2. The van der Waals surface area contributed by atoms with E-state index in [1.54, 1.807) is 24.4 Å². The second kappa shape index (κ2) is 8.18. The van der Waals surface area contributed by atoms with E-state index >= 15 is 0 Å². The van der Waals surface area contributed by atoms with Gasteiger partial charge in [0.25, 0.3) is 5.91 Å². The van der Waals surface area contributed by atoms with E-state index in [-0.39, 0.29) is 18.7 Å². The highest BCUT2D eigenvalue weighted by molar-refractivity contribution is 6.04. The van der Waals surface area contributed by atoms with Gasteiger partial charge in [0.1, 0.15) is 11.3 Å². The third-order valence-corrected chi connectivity index (χ3v) is 5.24. The Morgan fingerprint density at radius 1 is 1.19 bits per heavy atom. The lowest BCUT2D eigenvalue weighted by Crippen LogP contribution is -2.13. The van der Waals surface area contributed by atoms with Crippen molar-refractivity contribution >= 4 is 28.6 Å². The molecule has 2 aromatic carbocycles. The molecule has 0 radical (unpaired) electrons. The Morgan fingerprint density at radius 2 is 2.06 bits per heavy atom. The van der Waals surface area contributed by atoms with Crippen molar-refractivity contribution in [3.05, 3.63) is 66.0 Å². The summed E-state index contributed by atoms with van der Waals surface area (Å²) >= 11 is 0. The number of carbonyl (C=O) groups is 1. The van der Waals surface area contributed by atoms with Crippen LogP contribution in [0.5, 0.6) is 11.5 Å². The molecule has 0 spiro atoms. The zero-order valence-corrected chi connectivity index (χ0v) is 17.7. The van der Waals surface area contributed by atoms with E-state index in [1.165, 1.54) is 0 Å². The molecule has 1 aliphatic rings. The maximum atomic E-state index is 12.7. The molecule has 9 heteroatoms. The lowest BCUT2D eigenvalue weighted by atomic mass is 10.1. The van der Waals surface area contributed by atoms with Crippen LogP contribution >= 0.6 is 0 Å². The fourth-order valence-corrected chi connectivity index (χ4v) is 3.51. The number of ether oxygens (including phenoxy) is 2. The molecule has 0 saturated carbocycles. The topological polar surface area (TPSA) is 103 Å². The molecule has 4 aromatic rings. The first-order valence-corrected chi connectivity index (χ1v) is 10.4. The van der Waals surface area contributed by atoms with Crippen molar-refractivity contribution in [3.63, 3.8) is 0 Å². The summed E-state index contributed by atoms with van der Waals surface area (Å²) in [5, 5.41) is 10.7. The van der Waals surface area contributed by atoms with E-state index in [1.807, 2.05) is 49.0 Å². The average molecular weight is 430 g/mol. The third-order valence-electron chi connectivity index (χ3n) is 5.24. The molecule has 0 unspecified atom stereocenters. The minimum atomic E-state index is -0.219. The molecule has 2 aromatic heterocycles. The molecule has 1 aliphatic heterocycles. The Bertz CT molecular complexity index is 1300. The van der Waals surface area contributed by atoms with Crippen LogP contribution in [0.3, 0.4) is 0 Å². The summed E-state index contributed by atoms with van der Waals surface area (Å²) in [5.41, 5.74) is 3.56. The number of rotatable bonds is 6. The van der Waals surface area contributed by atoms with E-state index in [0.29, 0.717) is 34.2 Å². The van der Waals surface area contributed by atoms with E-state index in [0.717, 1.165) is 17.6 Å². The van der Waals surface area contributed by atoms with Crippen LogP contribution in [0.4, 0.5) is 11.5 Å². The molecule has 32 heavy (non-hydrogen) atoms. The Labute approximate surface area is 184 Å². The van der Waals surface area contributed by atoms with E-state index in [2.05, 4.69) is 25.7 Å². The first-order valence-electron chi connectivity index (χ1n) is 10.4. The second-order valence-corrected chi connectivity index (χ2v) is 7.46. The summed E-state index contributed by atoms with van der Waals surface area (Å²) in [7, 11) is 0. The summed E-state index contributed by atoms with van der Waals surface area (Å²) < 4.78 is 12.5. The molecule has 162 valence electrons. The van der Waals surface area contributed by atoms with Gasteiger partial charge < -0.3 is 20.1 Å². The molecule has 2 N–H and O–H groups in total. The number of anilines is 2. The van der Waals surface area contributed by atoms with Crippen molar-refractivity contribution in [3.8, 4) is 11.5 Å². The van der Waals surface area contributed by atoms with Crippen molar-refractivity contribution in [1.82, 2.24) is 19.7 Å². The number of benzene rings is 2. The highest BCUT2D eigenvalue weighted by Gasteiger charge is 2.17. The van der Waals surface area contributed by atoms with Crippen molar-refractivity contribution in [2.45, 2.75) is 26.4 Å². The number of hydrogen-bond acceptors (Lipinski definition) is 7. The lowest BCUT2D eigenvalue weighted by molar-refractivity contribution is 0.102. The Hall–Kier alpha value is -4.14. The second-order valence-electron chi connectivity index (χ2n) is 7.46. The quantitative estimate of drug-likeness (QED) is 0.476. The van der Waals surface area contributed by atoms with Gasteiger partial charge >= 0.3 is 0 Å². The standard InChI is InChI=1S/C23H22N6O3/c1-3-29-12-18-22(28-29)27-21(11-24-18)25-14(2)15-5-4-6-17(9-15)26-23(30)16-7-8-19-20(10-16)32-13-31-19/h4-12,14H,3,13H2,1-2H3,(H,26,30)(H,25,27,28)/t14-/m0/s1. The first-order chi connectivity index (χ1) is 15.6. The van der Waals surface area contributed by atoms with E-state index in [4.69, 9.17) is 9.47 Å². The fraction of sp³-hybridized carbons (Fsp3) is 0.217. The molecule has 0 fully saturated rings. The molecule has 5 rings (SSSR count). The molecule has 0 aliphatic carbocycles. The predicted octanol–water partition coefficient (Wildman–Crippen LogP) is 4.00. The average Bonchev–Trinajstić information content (AvgIpc) is 3.44. The van der Waals surface area contributed by atoms with Crippen LogP contribution in [-0.2, 0) is 6.54 Å². The largest absolute Gasteiger partial charge is 0.454 e. The van der Waals surface area contributed by atoms with Gasteiger partial charge in [0.05, 0.1) is 18.4 Å². The van der Waals surface area contributed by atoms with Gasteiger partial charge in [-0.1, -0.05) is 12.1 Å². The fourth-order valence-electron chi connectivity index (χ4n) is 3.51. The van der Waals surface area contributed by atoms with Crippen LogP contribution < -0.4 is 20.1 Å². The maximum Gasteiger partial charge on any atom is 0.255 e. The Balaban J connectivity index is 1.29. The van der Waals surface area contributed by atoms with Crippen molar-refractivity contribution in [1.29, 1.82) is 0 Å². The van der Waals surface area contributed by atoms with E-state index in [9.17, 15) is 4.79 Å². The lowest BCUT2D eigenvalue weighted by Gasteiger charge is -2.16. The molecule has 1 atom stereocenters. The Morgan fingerprint density at radius 3 is 2.94 bits per heavy atom. The molecular formula is C23H22N6O3. The molecule has 1 amide bonds. The number of nitrogens with one attached hydrogen (secondary N) is 2. The summed E-state index contributed by atoms with van der Waals surface area (Å²) in [6.07, 6.45) is 3.58. The third kappa shape index (κ3) is 3.92. The van der Waals surface area contributed by atoms with E-state index < -0.39 is 0 Å². The summed E-state index contributed by atoms with van der Waals surface area (Å²) in [5.74, 6) is 1.64. The first kappa shape index (κ1) is 19.8. The smallest absolute Gasteiger partial charge is 0.255 e. The highest BCUT2D eigenvalue weighted by atomic mass is 16.7. The summed E-state index contributed by atoms with van der Waals surface area (Å²) in [6.45, 7) is 4.98. The zero-order chi connectivity index (χ0) is 22.1. The molecule has 3 heterocycles. The van der Waals surface area contributed by atoms with Gasteiger partial charge in [-0.25, -0.2) is 9.97 Å².